The minimum atomic E-state index is -0.164. The number of nitrogen functional groups attached to an aromatic ring is 1. The van der Waals surface area contributed by atoms with Crippen LogP contribution in [0.5, 0.6) is 0 Å². The first-order valence-corrected chi connectivity index (χ1v) is 7.80. The van der Waals surface area contributed by atoms with E-state index in [1.54, 1.807) is 0 Å². The highest BCUT2D eigenvalue weighted by molar-refractivity contribution is 7.98. The number of anilines is 2. The number of rotatable bonds is 3. The molecular formula is C12H19N5OS. The molecule has 0 radical (unpaired) electrons. The largest absolute Gasteiger partial charge is 0.393 e. The van der Waals surface area contributed by atoms with E-state index in [9.17, 15) is 5.11 Å². The van der Waals surface area contributed by atoms with Crippen molar-refractivity contribution < 1.29 is 5.11 Å². The van der Waals surface area contributed by atoms with Crippen LogP contribution in [0.1, 0.15) is 25.7 Å². The van der Waals surface area contributed by atoms with Gasteiger partial charge in [-0.1, -0.05) is 11.8 Å². The maximum absolute atomic E-state index is 9.86. The number of piperidine rings is 1. The van der Waals surface area contributed by atoms with Gasteiger partial charge in [0.25, 0.3) is 0 Å². The average molecular weight is 281 g/mol. The van der Waals surface area contributed by atoms with Gasteiger partial charge in [-0.2, -0.15) is 0 Å². The molecule has 0 amide bonds. The van der Waals surface area contributed by atoms with Gasteiger partial charge < -0.3 is 15.4 Å². The van der Waals surface area contributed by atoms with E-state index in [0.29, 0.717) is 17.9 Å². The molecular weight excluding hydrogens is 262 g/mol. The van der Waals surface area contributed by atoms with Crippen molar-refractivity contribution in [2.75, 3.05) is 16.6 Å². The lowest BCUT2D eigenvalue weighted by Crippen LogP contribution is -2.45. The van der Waals surface area contributed by atoms with Crippen LogP contribution < -0.4 is 16.2 Å². The number of fused-ring (bicyclic) bond motifs is 2. The SMILES string of the molecule is CSc1nc(NN)cc(N2C3CCC2CC(O)C3)n1. The second kappa shape index (κ2) is 5.15. The number of nitrogens with zero attached hydrogens (tertiary/aromatic N) is 3. The van der Waals surface area contributed by atoms with Crippen molar-refractivity contribution in [2.24, 2.45) is 5.84 Å². The molecule has 7 heteroatoms. The highest BCUT2D eigenvalue weighted by atomic mass is 32.2. The highest BCUT2D eigenvalue weighted by Crippen LogP contribution is 2.39. The van der Waals surface area contributed by atoms with E-state index in [1.165, 1.54) is 11.8 Å². The van der Waals surface area contributed by atoms with Crippen molar-refractivity contribution in [3.8, 4) is 0 Å². The average Bonchev–Trinajstić information content (AvgIpc) is 2.70. The van der Waals surface area contributed by atoms with Crippen molar-refractivity contribution in [1.29, 1.82) is 0 Å². The first-order valence-electron chi connectivity index (χ1n) is 6.57. The third-order valence-corrected chi connectivity index (χ3v) is 4.54. The second-order valence-corrected chi connectivity index (χ2v) is 5.93. The molecule has 2 fully saturated rings. The molecule has 3 rings (SSSR count). The van der Waals surface area contributed by atoms with Crippen molar-refractivity contribution in [3.63, 3.8) is 0 Å². The van der Waals surface area contributed by atoms with E-state index in [-0.39, 0.29) is 6.10 Å². The van der Waals surface area contributed by atoms with Gasteiger partial charge in [0, 0.05) is 18.2 Å². The number of aliphatic hydroxyl groups is 1. The molecule has 19 heavy (non-hydrogen) atoms. The molecule has 1 aromatic heterocycles. The van der Waals surface area contributed by atoms with Gasteiger partial charge in [0.05, 0.1) is 6.10 Å². The quantitative estimate of drug-likeness (QED) is 0.329. The van der Waals surface area contributed by atoms with Crippen LogP contribution in [0.15, 0.2) is 11.2 Å². The maximum Gasteiger partial charge on any atom is 0.191 e. The number of aliphatic hydroxyl groups excluding tert-OH is 1. The molecule has 2 aliphatic rings. The summed E-state index contributed by atoms with van der Waals surface area (Å²) in [5, 5.41) is 10.6. The van der Waals surface area contributed by atoms with Gasteiger partial charge in [0.15, 0.2) is 5.16 Å². The summed E-state index contributed by atoms with van der Waals surface area (Å²) in [4.78, 5) is 11.2. The summed E-state index contributed by atoms with van der Waals surface area (Å²) in [6.07, 6.45) is 5.72. The van der Waals surface area contributed by atoms with Crippen molar-refractivity contribution in [2.45, 2.75) is 49.0 Å². The Morgan fingerprint density at radius 1 is 1.37 bits per heavy atom. The van der Waals surface area contributed by atoms with E-state index in [1.807, 2.05) is 12.3 Å². The minimum Gasteiger partial charge on any atom is -0.393 e. The molecule has 2 atom stereocenters. The van der Waals surface area contributed by atoms with E-state index in [4.69, 9.17) is 5.84 Å². The highest BCUT2D eigenvalue weighted by Gasteiger charge is 2.41. The Hall–Kier alpha value is -1.05. The van der Waals surface area contributed by atoms with Crippen LogP contribution >= 0.6 is 11.8 Å². The fourth-order valence-electron chi connectivity index (χ4n) is 3.23. The molecule has 3 heterocycles. The summed E-state index contributed by atoms with van der Waals surface area (Å²) in [7, 11) is 0. The molecule has 1 aromatic rings. The predicted octanol–water partition coefficient (Wildman–Crippen LogP) is 0.976. The van der Waals surface area contributed by atoms with Gasteiger partial charge in [-0.25, -0.2) is 15.8 Å². The molecule has 6 nitrogen and oxygen atoms in total. The van der Waals surface area contributed by atoms with Gasteiger partial charge in [0.1, 0.15) is 11.6 Å². The molecule has 2 unspecified atom stereocenters. The first-order chi connectivity index (χ1) is 9.21. The molecule has 2 aliphatic heterocycles. The molecule has 0 aliphatic carbocycles. The lowest BCUT2D eigenvalue weighted by molar-refractivity contribution is 0.126. The minimum absolute atomic E-state index is 0.164. The molecule has 104 valence electrons. The van der Waals surface area contributed by atoms with Gasteiger partial charge in [-0.15, -0.1) is 0 Å². The van der Waals surface area contributed by atoms with E-state index >= 15 is 0 Å². The standard InChI is InChI=1S/C12H19N5OS/c1-19-12-14-10(16-13)6-11(15-12)17-7-2-3-8(17)5-9(18)4-7/h6-9,18H,2-5,13H2,1H3,(H,14,15,16). The van der Waals surface area contributed by atoms with Crippen molar-refractivity contribution >= 4 is 23.4 Å². The van der Waals surface area contributed by atoms with Crippen LogP contribution in [0, 0.1) is 0 Å². The van der Waals surface area contributed by atoms with Gasteiger partial charge in [0.2, 0.25) is 0 Å². The number of hydrogen-bond acceptors (Lipinski definition) is 7. The smallest absolute Gasteiger partial charge is 0.191 e. The lowest BCUT2D eigenvalue weighted by atomic mass is 10.00. The van der Waals surface area contributed by atoms with Crippen LogP contribution in [0.25, 0.3) is 0 Å². The van der Waals surface area contributed by atoms with Crippen LogP contribution in [0.4, 0.5) is 11.6 Å². The van der Waals surface area contributed by atoms with Crippen molar-refractivity contribution in [1.82, 2.24) is 9.97 Å². The molecule has 0 spiro atoms. The van der Waals surface area contributed by atoms with E-state index in [0.717, 1.165) is 36.7 Å². The number of aromatic nitrogens is 2. The summed E-state index contributed by atoms with van der Waals surface area (Å²) >= 11 is 1.51. The Morgan fingerprint density at radius 2 is 2.05 bits per heavy atom. The molecule has 0 aromatic carbocycles. The van der Waals surface area contributed by atoms with Crippen LogP contribution in [0.2, 0.25) is 0 Å². The molecule has 0 saturated carbocycles. The van der Waals surface area contributed by atoms with E-state index in [2.05, 4.69) is 20.3 Å². The van der Waals surface area contributed by atoms with Crippen LogP contribution in [-0.4, -0.2) is 39.5 Å². The number of hydrazine groups is 1. The number of nitrogens with one attached hydrogen (secondary N) is 1. The Labute approximate surface area is 116 Å². The normalized spacial score (nSPS) is 29.6. The maximum atomic E-state index is 9.86. The second-order valence-electron chi connectivity index (χ2n) is 5.16. The number of hydrogen-bond donors (Lipinski definition) is 3. The number of nitrogens with two attached hydrogens (primary N) is 1. The summed E-state index contributed by atoms with van der Waals surface area (Å²) in [5.74, 6) is 7.03. The monoisotopic (exact) mass is 281 g/mol. The zero-order chi connectivity index (χ0) is 13.4. The molecule has 2 bridgehead atoms. The Kier molecular flexibility index (Phi) is 3.51. The third-order valence-electron chi connectivity index (χ3n) is 4.00. The van der Waals surface area contributed by atoms with E-state index < -0.39 is 0 Å². The van der Waals surface area contributed by atoms with Gasteiger partial charge in [-0.3, -0.25) is 0 Å². The van der Waals surface area contributed by atoms with Crippen LogP contribution in [-0.2, 0) is 0 Å². The predicted molar refractivity (Wildman–Crippen MR) is 76.2 cm³/mol. The number of thioether (sulfide) groups is 1. The van der Waals surface area contributed by atoms with Gasteiger partial charge in [-0.05, 0) is 31.9 Å². The van der Waals surface area contributed by atoms with Gasteiger partial charge >= 0.3 is 0 Å². The summed E-state index contributed by atoms with van der Waals surface area (Å²) in [6, 6.07) is 2.68. The Balaban J connectivity index is 1.94. The summed E-state index contributed by atoms with van der Waals surface area (Å²) < 4.78 is 0. The summed E-state index contributed by atoms with van der Waals surface area (Å²) in [5.41, 5.74) is 2.60. The van der Waals surface area contributed by atoms with Crippen LogP contribution in [0.3, 0.4) is 0 Å². The third kappa shape index (κ3) is 2.37. The fraction of sp³-hybridized carbons (Fsp3) is 0.667. The topological polar surface area (TPSA) is 87.3 Å². The van der Waals surface area contributed by atoms with Crippen molar-refractivity contribution in [3.05, 3.63) is 6.07 Å². The lowest BCUT2D eigenvalue weighted by Gasteiger charge is -2.38. The first kappa shape index (κ1) is 13.0. The Bertz CT molecular complexity index is 435. The molecule has 4 N–H and O–H groups in total. The Morgan fingerprint density at radius 3 is 2.63 bits per heavy atom. The zero-order valence-corrected chi connectivity index (χ0v) is 11.7. The molecule has 2 saturated heterocycles. The summed E-state index contributed by atoms with van der Waals surface area (Å²) in [6.45, 7) is 0. The fourth-order valence-corrected chi connectivity index (χ4v) is 3.61. The zero-order valence-electron chi connectivity index (χ0n) is 10.9.